The van der Waals surface area contributed by atoms with Gasteiger partial charge in [-0.05, 0) is 48.9 Å². The Hall–Kier alpha value is -1.85. The van der Waals surface area contributed by atoms with Crippen LogP contribution in [-0.4, -0.2) is 36.7 Å². The molecule has 1 amide bonds. The Balaban J connectivity index is 1.43. The number of fused-ring (bicyclic) bond motifs is 3. The van der Waals surface area contributed by atoms with Gasteiger partial charge in [0, 0.05) is 6.54 Å². The zero-order valence-electron chi connectivity index (χ0n) is 12.9. The zero-order chi connectivity index (χ0) is 15.6. The Kier molecular flexibility index (Phi) is 4.06. The number of carbonyl (C=O) groups excluding carboxylic acids is 1. The van der Waals surface area contributed by atoms with Gasteiger partial charge in [0.25, 0.3) is 0 Å². The molecule has 1 atom stereocenters. The number of piperidine rings is 3. The molecule has 3 aliphatic heterocycles. The number of nitrogens with one attached hydrogen (secondary N) is 1. The minimum absolute atomic E-state index is 0.0383. The number of rotatable bonds is 3. The van der Waals surface area contributed by atoms with E-state index in [0.717, 1.165) is 48.6 Å². The van der Waals surface area contributed by atoms with Crippen molar-refractivity contribution in [2.24, 2.45) is 5.92 Å². The number of hydrogen-bond donors (Lipinski definition) is 1. The highest BCUT2D eigenvalue weighted by atomic mass is 32.1. The second-order valence-electron chi connectivity index (χ2n) is 6.24. The van der Waals surface area contributed by atoms with Crippen molar-refractivity contribution < 1.29 is 9.53 Å². The Morgan fingerprint density at radius 2 is 1.96 bits per heavy atom. The van der Waals surface area contributed by atoms with Crippen molar-refractivity contribution in [3.05, 3.63) is 41.8 Å². The number of anilines is 1. The van der Waals surface area contributed by atoms with Crippen molar-refractivity contribution in [2.75, 3.05) is 25.0 Å². The molecule has 0 unspecified atom stereocenters. The van der Waals surface area contributed by atoms with Gasteiger partial charge in [-0.25, -0.2) is 4.79 Å². The third-order valence-electron chi connectivity index (χ3n) is 4.79. The number of nitrogens with zero attached hydrogens (tertiary/aromatic N) is 1. The second-order valence-corrected chi connectivity index (χ2v) is 7.15. The summed E-state index contributed by atoms with van der Waals surface area (Å²) in [5.41, 5.74) is 1.94. The molecule has 1 aromatic carbocycles. The lowest BCUT2D eigenvalue weighted by molar-refractivity contribution is -0.0289. The van der Waals surface area contributed by atoms with E-state index in [1.807, 2.05) is 29.6 Å². The van der Waals surface area contributed by atoms with Crippen molar-refractivity contribution in [2.45, 2.75) is 18.9 Å². The molecule has 5 heteroatoms. The molecule has 0 radical (unpaired) electrons. The summed E-state index contributed by atoms with van der Waals surface area (Å²) in [4.78, 5) is 15.7. The normalized spacial score (nSPS) is 26.0. The Bertz CT molecular complexity index is 677. The average Bonchev–Trinajstić information content (AvgIpc) is 3.04. The van der Waals surface area contributed by atoms with Crippen LogP contribution >= 0.6 is 11.3 Å². The van der Waals surface area contributed by atoms with Gasteiger partial charge in [0.05, 0.1) is 10.6 Å². The van der Waals surface area contributed by atoms with Crippen LogP contribution in [0, 0.1) is 5.92 Å². The largest absolute Gasteiger partial charge is 0.444 e. The Morgan fingerprint density at radius 1 is 1.17 bits per heavy atom. The summed E-state index contributed by atoms with van der Waals surface area (Å²) in [6.07, 6.45) is 1.99. The van der Waals surface area contributed by atoms with Crippen molar-refractivity contribution in [3.8, 4) is 10.4 Å². The first-order valence-electron chi connectivity index (χ1n) is 8.12. The first kappa shape index (κ1) is 14.7. The fraction of sp³-hybridized carbons (Fsp3) is 0.389. The maximum absolute atomic E-state index is 12.3. The number of thiophene rings is 1. The highest BCUT2D eigenvalue weighted by molar-refractivity contribution is 7.14. The van der Waals surface area contributed by atoms with Crippen LogP contribution in [-0.2, 0) is 4.74 Å². The molecule has 2 bridgehead atoms. The van der Waals surface area contributed by atoms with Crippen LogP contribution in [0.25, 0.3) is 10.4 Å². The van der Waals surface area contributed by atoms with Gasteiger partial charge >= 0.3 is 6.09 Å². The molecule has 2 aromatic rings. The van der Waals surface area contributed by atoms with E-state index >= 15 is 0 Å². The second kappa shape index (κ2) is 6.34. The van der Waals surface area contributed by atoms with Gasteiger partial charge in [-0.15, -0.1) is 11.3 Å². The van der Waals surface area contributed by atoms with Crippen LogP contribution in [0.5, 0.6) is 0 Å². The standard InChI is InChI=1S/C18H20N2O2S/c21-18(22-16-12-20-9-6-13(16)7-10-20)19-15-8-11-23-17(15)14-4-2-1-3-5-14/h1-5,8,11,13,16H,6-7,9-10,12H2,(H,19,21)/t16-/m1/s1. The first-order chi connectivity index (χ1) is 11.3. The van der Waals surface area contributed by atoms with Gasteiger partial charge in [0.2, 0.25) is 0 Å². The molecule has 4 nitrogen and oxygen atoms in total. The van der Waals surface area contributed by atoms with E-state index in [-0.39, 0.29) is 12.2 Å². The lowest BCUT2D eigenvalue weighted by Gasteiger charge is -2.43. The molecule has 0 saturated carbocycles. The van der Waals surface area contributed by atoms with Crippen molar-refractivity contribution in [1.29, 1.82) is 0 Å². The fourth-order valence-corrected chi connectivity index (χ4v) is 4.40. The van der Waals surface area contributed by atoms with Crippen molar-refractivity contribution in [1.82, 2.24) is 4.90 Å². The molecule has 3 saturated heterocycles. The monoisotopic (exact) mass is 328 g/mol. The summed E-state index contributed by atoms with van der Waals surface area (Å²) in [7, 11) is 0. The summed E-state index contributed by atoms with van der Waals surface area (Å²) in [5, 5.41) is 4.92. The molecule has 23 heavy (non-hydrogen) atoms. The maximum Gasteiger partial charge on any atom is 0.411 e. The Labute approximate surface area is 140 Å². The molecule has 5 rings (SSSR count). The first-order valence-corrected chi connectivity index (χ1v) is 9.00. The highest BCUT2D eigenvalue weighted by Crippen LogP contribution is 2.34. The smallest absolute Gasteiger partial charge is 0.411 e. The zero-order valence-corrected chi connectivity index (χ0v) is 13.7. The van der Waals surface area contributed by atoms with Crippen LogP contribution in [0.2, 0.25) is 0 Å². The highest BCUT2D eigenvalue weighted by Gasteiger charge is 2.36. The molecule has 3 fully saturated rings. The van der Waals surface area contributed by atoms with E-state index in [0.29, 0.717) is 5.92 Å². The van der Waals surface area contributed by atoms with Crippen LogP contribution in [0.4, 0.5) is 10.5 Å². The number of hydrogen-bond acceptors (Lipinski definition) is 4. The molecule has 120 valence electrons. The van der Waals surface area contributed by atoms with E-state index in [1.165, 1.54) is 0 Å². The molecule has 4 heterocycles. The van der Waals surface area contributed by atoms with Crippen LogP contribution in [0.15, 0.2) is 41.8 Å². The SMILES string of the molecule is O=C(Nc1ccsc1-c1ccccc1)O[C@@H]1CN2CCC1CC2. The van der Waals surface area contributed by atoms with Gasteiger partial charge in [0.1, 0.15) is 6.10 Å². The van der Waals surface area contributed by atoms with Crippen molar-refractivity contribution in [3.63, 3.8) is 0 Å². The molecular weight excluding hydrogens is 308 g/mol. The molecule has 3 aliphatic rings. The predicted octanol–water partition coefficient (Wildman–Crippen LogP) is 4.06. The molecule has 0 aliphatic carbocycles. The van der Waals surface area contributed by atoms with E-state index in [2.05, 4.69) is 22.3 Å². The lowest BCUT2D eigenvalue weighted by atomic mass is 9.86. The number of amides is 1. The summed E-state index contributed by atoms with van der Waals surface area (Å²) in [6.45, 7) is 3.18. The third kappa shape index (κ3) is 3.12. The summed E-state index contributed by atoms with van der Waals surface area (Å²) < 4.78 is 5.70. The van der Waals surface area contributed by atoms with Gasteiger partial charge in [-0.1, -0.05) is 30.3 Å². The van der Waals surface area contributed by atoms with E-state index < -0.39 is 0 Å². The molecule has 1 N–H and O–H groups in total. The molecule has 1 aromatic heterocycles. The van der Waals surface area contributed by atoms with E-state index in [1.54, 1.807) is 11.3 Å². The average molecular weight is 328 g/mol. The van der Waals surface area contributed by atoms with E-state index in [4.69, 9.17) is 4.74 Å². The minimum atomic E-state index is -0.334. The molecular formula is C18H20N2O2S. The maximum atomic E-state index is 12.3. The quantitative estimate of drug-likeness (QED) is 0.924. The molecule has 0 spiro atoms. The predicted molar refractivity (Wildman–Crippen MR) is 92.8 cm³/mol. The minimum Gasteiger partial charge on any atom is -0.444 e. The van der Waals surface area contributed by atoms with Crippen LogP contribution in [0.3, 0.4) is 0 Å². The van der Waals surface area contributed by atoms with Crippen LogP contribution in [0.1, 0.15) is 12.8 Å². The summed E-state index contributed by atoms with van der Waals surface area (Å²) >= 11 is 1.62. The Morgan fingerprint density at radius 3 is 2.65 bits per heavy atom. The summed E-state index contributed by atoms with van der Waals surface area (Å²) in [5.74, 6) is 0.529. The van der Waals surface area contributed by atoms with Gasteiger partial charge in [-0.3, -0.25) is 10.2 Å². The van der Waals surface area contributed by atoms with Crippen molar-refractivity contribution >= 4 is 23.1 Å². The van der Waals surface area contributed by atoms with Gasteiger partial charge in [0.15, 0.2) is 0 Å². The summed E-state index contributed by atoms with van der Waals surface area (Å²) in [6, 6.07) is 12.0. The number of carbonyl (C=O) groups is 1. The van der Waals surface area contributed by atoms with E-state index in [9.17, 15) is 4.79 Å². The third-order valence-corrected chi connectivity index (χ3v) is 5.76. The lowest BCUT2D eigenvalue weighted by Crippen LogP contribution is -2.52. The van der Waals surface area contributed by atoms with Crippen LogP contribution < -0.4 is 5.32 Å². The van der Waals surface area contributed by atoms with Gasteiger partial charge < -0.3 is 4.74 Å². The fourth-order valence-electron chi connectivity index (χ4n) is 3.54. The topological polar surface area (TPSA) is 41.6 Å². The number of benzene rings is 1. The number of ether oxygens (including phenoxy) is 1. The van der Waals surface area contributed by atoms with Gasteiger partial charge in [-0.2, -0.15) is 0 Å².